The maximum absolute atomic E-state index is 14.5. The first-order valence-corrected chi connectivity index (χ1v) is 16.1. The van der Waals surface area contributed by atoms with Crippen LogP contribution in [-0.2, 0) is 14.3 Å². The lowest BCUT2D eigenvalue weighted by Gasteiger charge is -2.39. The molecule has 8 nitrogen and oxygen atoms in total. The van der Waals surface area contributed by atoms with Crippen molar-refractivity contribution >= 4 is 47.0 Å². The predicted molar refractivity (Wildman–Crippen MR) is 172 cm³/mol. The molecule has 0 aliphatic carbocycles. The molecule has 0 radical (unpaired) electrons. The molecule has 10 heteroatoms. The number of benzene rings is 2. The van der Waals surface area contributed by atoms with Gasteiger partial charge in [-0.25, -0.2) is 4.79 Å². The number of carbonyl (C=O) groups excluding carboxylic acids is 3. The smallest absolute Gasteiger partial charge is 0.408 e. The number of nitrogens with zero attached hydrogens (tertiary/aromatic N) is 1. The monoisotopic (exact) mass is 619 g/mol. The van der Waals surface area contributed by atoms with E-state index in [4.69, 9.17) is 16.3 Å². The van der Waals surface area contributed by atoms with Crippen LogP contribution in [0, 0.1) is 12.8 Å². The maximum Gasteiger partial charge on any atom is 0.408 e. The van der Waals surface area contributed by atoms with E-state index in [1.165, 1.54) is 12.1 Å². The second kappa shape index (κ2) is 16.1. The lowest BCUT2D eigenvalue weighted by atomic mass is 9.96. The Morgan fingerprint density at radius 2 is 1.67 bits per heavy atom. The number of anilines is 1. The van der Waals surface area contributed by atoms with Gasteiger partial charge in [0.2, 0.25) is 5.91 Å². The highest BCUT2D eigenvalue weighted by Crippen LogP contribution is 2.32. The molecule has 0 saturated carbocycles. The minimum atomic E-state index is -1.08. The van der Waals surface area contributed by atoms with Gasteiger partial charge in [0, 0.05) is 6.04 Å². The molecule has 0 aromatic heterocycles. The topological polar surface area (TPSA) is 108 Å². The van der Waals surface area contributed by atoms with E-state index in [1.54, 1.807) is 61.7 Å². The molecular weight excluding hydrogens is 574 g/mol. The maximum atomic E-state index is 14.5. The van der Waals surface area contributed by atoms with Crippen molar-refractivity contribution < 1.29 is 24.2 Å². The summed E-state index contributed by atoms with van der Waals surface area (Å²) >= 11 is 8.01. The molecule has 0 spiro atoms. The van der Waals surface area contributed by atoms with E-state index >= 15 is 0 Å². The number of hydrogen-bond donors (Lipinski definition) is 3. The Morgan fingerprint density at radius 1 is 1.02 bits per heavy atom. The van der Waals surface area contributed by atoms with E-state index in [0.29, 0.717) is 40.8 Å². The summed E-state index contributed by atoms with van der Waals surface area (Å²) in [4.78, 5) is 43.1. The first-order valence-electron chi connectivity index (χ1n) is 14.3. The van der Waals surface area contributed by atoms with E-state index in [0.717, 1.165) is 12.0 Å². The van der Waals surface area contributed by atoms with Gasteiger partial charge in [-0.05, 0) is 101 Å². The van der Waals surface area contributed by atoms with Gasteiger partial charge in [-0.15, -0.1) is 0 Å². The number of phenols is 1. The molecule has 0 heterocycles. The first-order chi connectivity index (χ1) is 19.6. The van der Waals surface area contributed by atoms with Crippen LogP contribution in [0.5, 0.6) is 5.75 Å². The quantitative estimate of drug-likeness (QED) is 0.217. The number of hydrogen-bond acceptors (Lipinski definition) is 6. The zero-order chi connectivity index (χ0) is 31.6. The van der Waals surface area contributed by atoms with Crippen LogP contribution in [-0.4, -0.2) is 57.6 Å². The molecular formula is C32H46ClN3O5S. The normalized spacial score (nSPS) is 13.7. The summed E-state index contributed by atoms with van der Waals surface area (Å²) in [5.41, 5.74) is 1.00. The van der Waals surface area contributed by atoms with Gasteiger partial charge in [-0.1, -0.05) is 49.7 Å². The molecule has 0 aliphatic rings. The number of amides is 3. The minimum absolute atomic E-state index is 0.0371. The van der Waals surface area contributed by atoms with Gasteiger partial charge in [0.15, 0.2) is 0 Å². The molecule has 0 saturated heterocycles. The number of para-hydroxylation sites is 1. The Balaban J connectivity index is 2.64. The largest absolute Gasteiger partial charge is 0.508 e. The molecule has 2 aromatic rings. The lowest BCUT2D eigenvalue weighted by Crippen LogP contribution is -2.55. The fraction of sp³-hybridized carbons (Fsp3) is 0.531. The second-order valence-electron chi connectivity index (χ2n) is 12.0. The molecule has 232 valence electrons. The number of nitrogens with one attached hydrogen (secondary N) is 2. The van der Waals surface area contributed by atoms with Gasteiger partial charge in [0.25, 0.3) is 5.91 Å². The molecule has 3 atom stereocenters. The van der Waals surface area contributed by atoms with Gasteiger partial charge < -0.3 is 25.4 Å². The van der Waals surface area contributed by atoms with E-state index in [2.05, 4.69) is 24.5 Å². The fourth-order valence-corrected chi connectivity index (χ4v) is 5.25. The summed E-state index contributed by atoms with van der Waals surface area (Å²) in [5.74, 6) is 0.172. The number of ether oxygens (including phenoxy) is 1. The molecule has 2 rings (SSSR count). The Hall–Kier alpha value is -2.91. The Morgan fingerprint density at radius 3 is 2.21 bits per heavy atom. The number of aryl methyl sites for hydroxylation is 1. The van der Waals surface area contributed by atoms with E-state index < -0.39 is 35.6 Å². The van der Waals surface area contributed by atoms with Crippen LogP contribution in [0.2, 0.25) is 5.02 Å². The molecule has 2 aromatic carbocycles. The highest BCUT2D eigenvalue weighted by atomic mass is 35.5. The molecule has 42 heavy (non-hydrogen) atoms. The third-order valence-electron chi connectivity index (χ3n) is 6.70. The molecule has 3 N–H and O–H groups in total. The third-order valence-corrected chi connectivity index (χ3v) is 7.66. The summed E-state index contributed by atoms with van der Waals surface area (Å²) in [5, 5.41) is 16.1. The Bertz CT molecular complexity index is 1180. The van der Waals surface area contributed by atoms with Crippen LogP contribution in [0.3, 0.4) is 0 Å². The summed E-state index contributed by atoms with van der Waals surface area (Å²) < 4.78 is 5.48. The van der Waals surface area contributed by atoms with Gasteiger partial charge in [0.05, 0.1) is 10.7 Å². The average molecular weight is 620 g/mol. The highest BCUT2D eigenvalue weighted by molar-refractivity contribution is 7.98. The van der Waals surface area contributed by atoms with Crippen LogP contribution in [0.4, 0.5) is 10.5 Å². The molecule has 0 fully saturated rings. The fourth-order valence-electron chi connectivity index (χ4n) is 4.51. The predicted octanol–water partition coefficient (Wildman–Crippen LogP) is 7.33. The van der Waals surface area contributed by atoms with Crippen molar-refractivity contribution in [2.45, 2.75) is 91.5 Å². The van der Waals surface area contributed by atoms with E-state index in [1.807, 2.05) is 26.2 Å². The number of thioether (sulfide) groups is 1. The molecule has 0 aliphatic heterocycles. The summed E-state index contributed by atoms with van der Waals surface area (Å²) in [6.45, 7) is 13.2. The van der Waals surface area contributed by atoms with Gasteiger partial charge in [0.1, 0.15) is 23.4 Å². The van der Waals surface area contributed by atoms with Crippen molar-refractivity contribution in [3.8, 4) is 5.75 Å². The zero-order valence-electron chi connectivity index (χ0n) is 26.0. The van der Waals surface area contributed by atoms with Crippen molar-refractivity contribution in [1.29, 1.82) is 0 Å². The number of alkyl carbamates (subject to hydrolysis) is 1. The van der Waals surface area contributed by atoms with Crippen molar-refractivity contribution in [2.24, 2.45) is 5.92 Å². The van der Waals surface area contributed by atoms with Crippen LogP contribution < -0.4 is 10.6 Å². The van der Waals surface area contributed by atoms with E-state index in [9.17, 15) is 19.5 Å². The summed E-state index contributed by atoms with van der Waals surface area (Å²) in [6.07, 6.45) is 3.04. The van der Waals surface area contributed by atoms with Crippen molar-refractivity contribution in [3.63, 3.8) is 0 Å². The van der Waals surface area contributed by atoms with Gasteiger partial charge in [-0.3, -0.25) is 9.59 Å². The van der Waals surface area contributed by atoms with E-state index in [-0.39, 0.29) is 11.8 Å². The van der Waals surface area contributed by atoms with Crippen molar-refractivity contribution in [3.05, 3.63) is 58.6 Å². The zero-order valence-corrected chi connectivity index (χ0v) is 27.6. The van der Waals surface area contributed by atoms with Gasteiger partial charge >= 0.3 is 6.09 Å². The van der Waals surface area contributed by atoms with Crippen LogP contribution >= 0.6 is 23.4 Å². The SMILES string of the molecule is CSCCC(NC(=O)OC(C)(C)C)C(=O)N(C(C)CCC(C)C)C(C(=O)Nc1c(C)cccc1Cl)c1ccc(O)cc1. The number of rotatable bonds is 13. The number of halogens is 1. The second-order valence-corrected chi connectivity index (χ2v) is 13.4. The van der Waals surface area contributed by atoms with Crippen molar-refractivity contribution in [1.82, 2.24) is 10.2 Å². The number of aromatic hydroxyl groups is 1. The number of phenolic OH excluding ortho intramolecular Hbond substituents is 1. The standard InChI is InChI=1S/C32H46ClN3O5S/c1-20(2)12-13-22(4)36(30(39)26(18-19-42-8)34-31(40)41-32(5,6)7)28(23-14-16-24(37)17-15-23)29(38)35-27-21(3)10-9-11-25(27)33/h9-11,14-17,20,22,26,28,37H,12-13,18-19H2,1-8H3,(H,34,40)(H,35,38). The first kappa shape index (κ1) is 35.3. The summed E-state index contributed by atoms with van der Waals surface area (Å²) in [6, 6.07) is 9.20. The van der Waals surface area contributed by atoms with Crippen molar-refractivity contribution in [2.75, 3.05) is 17.3 Å². The summed E-state index contributed by atoms with van der Waals surface area (Å²) in [7, 11) is 0. The van der Waals surface area contributed by atoms with Crippen LogP contribution in [0.15, 0.2) is 42.5 Å². The molecule has 3 amide bonds. The minimum Gasteiger partial charge on any atom is -0.508 e. The molecule has 3 unspecified atom stereocenters. The van der Waals surface area contributed by atoms with Crippen LogP contribution in [0.1, 0.15) is 78.0 Å². The number of carbonyl (C=O) groups is 3. The third kappa shape index (κ3) is 10.7. The Labute approximate surface area is 259 Å². The lowest BCUT2D eigenvalue weighted by molar-refractivity contribution is -0.143. The van der Waals surface area contributed by atoms with Crippen LogP contribution in [0.25, 0.3) is 0 Å². The Kier molecular flexibility index (Phi) is 13.5. The average Bonchev–Trinajstić information content (AvgIpc) is 2.89. The van der Waals surface area contributed by atoms with Gasteiger partial charge in [-0.2, -0.15) is 11.8 Å². The molecule has 0 bridgehead atoms. The highest BCUT2D eigenvalue weighted by Gasteiger charge is 2.39.